The second-order valence-corrected chi connectivity index (χ2v) is 9.89. The molecule has 3 N–H and O–H groups in total. The number of nitrogens with one attached hydrogen (secondary N) is 1. The van der Waals surface area contributed by atoms with Crippen molar-refractivity contribution >= 4 is 5.78 Å². The number of ketones is 1. The molecule has 36 heavy (non-hydrogen) atoms. The van der Waals surface area contributed by atoms with E-state index in [0.717, 1.165) is 70.3 Å². The van der Waals surface area contributed by atoms with Gasteiger partial charge in [0, 0.05) is 18.0 Å². The Morgan fingerprint density at radius 1 is 1.03 bits per heavy atom. The van der Waals surface area contributed by atoms with Gasteiger partial charge in [-0.3, -0.25) is 4.79 Å². The van der Waals surface area contributed by atoms with E-state index < -0.39 is 0 Å². The lowest BCUT2D eigenvalue weighted by Crippen LogP contribution is -2.40. The molecule has 0 saturated heterocycles. The summed E-state index contributed by atoms with van der Waals surface area (Å²) in [7, 11) is 1.60. The maximum Gasteiger partial charge on any atom is 0.166 e. The first-order valence-corrected chi connectivity index (χ1v) is 13.7. The first kappa shape index (κ1) is 28.0. The van der Waals surface area contributed by atoms with Crippen LogP contribution in [0.3, 0.4) is 0 Å². The van der Waals surface area contributed by atoms with Gasteiger partial charge in [0.2, 0.25) is 0 Å². The third kappa shape index (κ3) is 7.97. The van der Waals surface area contributed by atoms with Crippen LogP contribution in [0.2, 0.25) is 0 Å². The van der Waals surface area contributed by atoms with Crippen molar-refractivity contribution in [1.29, 1.82) is 0 Å². The number of rotatable bonds is 16. The second kappa shape index (κ2) is 14.9. The number of hydrogen-bond donors (Lipinski definition) is 3. The Labute approximate surface area is 216 Å². The van der Waals surface area contributed by atoms with Crippen LogP contribution in [0.1, 0.15) is 79.8 Å². The molecular formula is C30H44N2O4. The Kier molecular flexibility index (Phi) is 11.6. The molecule has 0 amide bonds. The molecule has 0 spiro atoms. The fraction of sp³-hybridized carbons (Fsp3) is 0.567. The summed E-state index contributed by atoms with van der Waals surface area (Å²) in [5.41, 5.74) is 2.78. The van der Waals surface area contributed by atoms with E-state index in [-0.39, 0.29) is 17.3 Å². The van der Waals surface area contributed by atoms with E-state index in [9.17, 15) is 15.0 Å². The molecule has 6 heteroatoms. The summed E-state index contributed by atoms with van der Waals surface area (Å²) < 4.78 is 5.29. The Morgan fingerprint density at radius 3 is 2.61 bits per heavy atom. The van der Waals surface area contributed by atoms with Crippen molar-refractivity contribution in [1.82, 2.24) is 10.2 Å². The van der Waals surface area contributed by atoms with Crippen LogP contribution >= 0.6 is 0 Å². The Bertz CT molecular complexity index is 962. The fourth-order valence-corrected chi connectivity index (χ4v) is 5.31. The van der Waals surface area contributed by atoms with Crippen LogP contribution in [0.15, 0.2) is 36.4 Å². The largest absolute Gasteiger partial charge is 0.504 e. The predicted molar refractivity (Wildman–Crippen MR) is 145 cm³/mol. The van der Waals surface area contributed by atoms with E-state index >= 15 is 0 Å². The number of benzene rings is 2. The van der Waals surface area contributed by atoms with Gasteiger partial charge in [0.25, 0.3) is 0 Å². The summed E-state index contributed by atoms with van der Waals surface area (Å²) in [6.45, 7) is 6.33. The molecule has 198 valence electrons. The lowest BCUT2D eigenvalue weighted by molar-refractivity contribution is 0.0977. The predicted octanol–water partition coefficient (Wildman–Crippen LogP) is 5.49. The summed E-state index contributed by atoms with van der Waals surface area (Å²) in [6, 6.07) is 11.5. The summed E-state index contributed by atoms with van der Waals surface area (Å²) in [5, 5.41) is 23.4. The van der Waals surface area contributed by atoms with Crippen LogP contribution in [0.5, 0.6) is 17.2 Å². The first-order valence-electron chi connectivity index (χ1n) is 13.7. The zero-order valence-corrected chi connectivity index (χ0v) is 22.1. The number of unbranched alkanes of at least 4 members (excludes halogenated alkanes) is 3. The minimum atomic E-state index is -0.00607. The molecule has 3 rings (SSSR count). The van der Waals surface area contributed by atoms with E-state index in [2.05, 4.69) is 17.1 Å². The average molecular weight is 497 g/mol. The molecule has 0 saturated carbocycles. The second-order valence-electron chi connectivity index (χ2n) is 9.89. The Morgan fingerprint density at radius 2 is 1.81 bits per heavy atom. The van der Waals surface area contributed by atoms with Crippen molar-refractivity contribution in [2.75, 3.05) is 33.3 Å². The third-order valence-electron chi connectivity index (χ3n) is 7.28. The average Bonchev–Trinajstić information content (AvgIpc) is 2.90. The first-order chi connectivity index (χ1) is 17.5. The molecule has 2 aromatic carbocycles. The maximum absolute atomic E-state index is 12.4. The zero-order valence-electron chi connectivity index (χ0n) is 22.1. The van der Waals surface area contributed by atoms with Crippen molar-refractivity contribution in [3.8, 4) is 17.2 Å². The Balaban J connectivity index is 1.27. The number of phenolic OH excluding ortho intramolecular Hbond substituents is 2. The highest BCUT2D eigenvalue weighted by Gasteiger charge is 2.26. The Hall–Kier alpha value is -2.57. The summed E-state index contributed by atoms with van der Waals surface area (Å²) in [6.07, 6.45) is 10.1. The number of phenols is 2. The fourth-order valence-electron chi connectivity index (χ4n) is 5.31. The molecule has 0 radical (unpaired) electrons. The van der Waals surface area contributed by atoms with Crippen LogP contribution in [-0.2, 0) is 12.8 Å². The van der Waals surface area contributed by atoms with Crippen LogP contribution in [-0.4, -0.2) is 60.2 Å². The highest BCUT2D eigenvalue weighted by molar-refractivity contribution is 5.98. The van der Waals surface area contributed by atoms with Crippen LogP contribution in [0.25, 0.3) is 0 Å². The van der Waals surface area contributed by atoms with Crippen molar-refractivity contribution in [2.24, 2.45) is 0 Å². The quantitative estimate of drug-likeness (QED) is 0.162. The van der Waals surface area contributed by atoms with Crippen LogP contribution in [0, 0.1) is 0 Å². The van der Waals surface area contributed by atoms with Gasteiger partial charge in [-0.25, -0.2) is 0 Å². The highest BCUT2D eigenvalue weighted by Crippen LogP contribution is 2.36. The molecule has 1 aliphatic carbocycles. The number of aromatic hydroxyl groups is 2. The van der Waals surface area contributed by atoms with Crippen molar-refractivity contribution in [3.63, 3.8) is 0 Å². The van der Waals surface area contributed by atoms with Gasteiger partial charge in [0.15, 0.2) is 17.3 Å². The number of carbonyl (C=O) groups excluding carboxylic acids is 1. The summed E-state index contributed by atoms with van der Waals surface area (Å²) >= 11 is 0. The van der Waals surface area contributed by atoms with Gasteiger partial charge < -0.3 is 25.2 Å². The van der Waals surface area contributed by atoms with Gasteiger partial charge in [-0.05, 0) is 94.9 Å². The van der Waals surface area contributed by atoms with Gasteiger partial charge in [-0.1, -0.05) is 38.0 Å². The number of carbonyl (C=O) groups is 1. The van der Waals surface area contributed by atoms with Crippen molar-refractivity contribution < 1.29 is 19.7 Å². The molecule has 0 heterocycles. The topological polar surface area (TPSA) is 82.0 Å². The minimum Gasteiger partial charge on any atom is -0.504 e. The van der Waals surface area contributed by atoms with Gasteiger partial charge in [0.1, 0.15) is 5.75 Å². The molecule has 0 fully saturated rings. The third-order valence-corrected chi connectivity index (χ3v) is 7.28. The van der Waals surface area contributed by atoms with E-state index in [1.165, 1.54) is 24.8 Å². The molecule has 2 aromatic rings. The molecular weight excluding hydrogens is 452 g/mol. The van der Waals surface area contributed by atoms with Gasteiger partial charge in [-0.15, -0.1) is 0 Å². The summed E-state index contributed by atoms with van der Waals surface area (Å²) in [5.74, 6) is 0.862. The molecule has 1 atom stereocenters. The number of ether oxygens (including phenoxy) is 1. The van der Waals surface area contributed by atoms with E-state index in [1.54, 1.807) is 13.2 Å². The molecule has 1 aliphatic rings. The van der Waals surface area contributed by atoms with Crippen LogP contribution < -0.4 is 10.1 Å². The lowest BCUT2D eigenvalue weighted by atomic mass is 9.86. The van der Waals surface area contributed by atoms with E-state index in [0.29, 0.717) is 23.8 Å². The number of para-hydroxylation sites is 1. The van der Waals surface area contributed by atoms with Crippen LogP contribution in [0.4, 0.5) is 0 Å². The number of hydrogen-bond acceptors (Lipinski definition) is 6. The normalized spacial score (nSPS) is 15.1. The van der Waals surface area contributed by atoms with Gasteiger partial charge in [-0.2, -0.15) is 0 Å². The van der Waals surface area contributed by atoms with Gasteiger partial charge in [0.05, 0.1) is 12.7 Å². The number of Topliss-reactive ketones (excluding diaryl/α,β-unsaturated/α-hetero) is 1. The van der Waals surface area contributed by atoms with E-state index in [1.807, 2.05) is 30.3 Å². The smallest absolute Gasteiger partial charge is 0.166 e. The molecule has 6 nitrogen and oxygen atoms in total. The molecule has 0 aromatic heterocycles. The number of fused-ring (bicyclic) bond motifs is 1. The van der Waals surface area contributed by atoms with Crippen molar-refractivity contribution in [3.05, 3.63) is 53.1 Å². The SMILES string of the molecule is CCCN(CCCCCCNCCCC(=O)c1ccccc1OC)[C@H]1CCc2c(ccc(O)c2O)C1. The standard InChI is InChI=1S/C30H44N2O4/c1-3-20-32(24-15-16-25-23(22-24)14-17-28(34)30(25)35)21-9-5-4-8-18-31-19-10-12-27(33)26-11-6-7-13-29(26)36-2/h6-7,11,13-14,17,24,31,34-35H,3-5,8-10,12,15-16,18-22H2,1-2H3/t24-/m0/s1. The molecule has 0 bridgehead atoms. The summed E-state index contributed by atoms with van der Waals surface area (Å²) in [4.78, 5) is 15.0. The van der Waals surface area contributed by atoms with Gasteiger partial charge >= 0.3 is 0 Å². The maximum atomic E-state index is 12.4. The number of methoxy groups -OCH3 is 1. The highest BCUT2D eigenvalue weighted by atomic mass is 16.5. The van der Waals surface area contributed by atoms with E-state index in [4.69, 9.17) is 4.74 Å². The molecule has 0 aliphatic heterocycles. The molecule has 0 unspecified atom stereocenters. The lowest BCUT2D eigenvalue weighted by Gasteiger charge is -2.35. The monoisotopic (exact) mass is 496 g/mol. The zero-order chi connectivity index (χ0) is 25.8. The number of nitrogens with zero attached hydrogens (tertiary/aromatic N) is 1. The minimum absolute atomic E-state index is 0.00607. The van der Waals surface area contributed by atoms with Crippen molar-refractivity contribution in [2.45, 2.75) is 77.2 Å².